The van der Waals surface area contributed by atoms with Crippen LogP contribution in [-0.2, 0) is 95.7 Å². The Morgan fingerprint density at radius 1 is 0.805 bits per heavy atom. The lowest BCUT2D eigenvalue weighted by molar-refractivity contribution is 0.120. The van der Waals surface area contributed by atoms with Gasteiger partial charge in [0.15, 0.2) is 0 Å². The highest BCUT2D eigenvalue weighted by atomic mass is 32.3. The molecular weight excluding hydrogens is 689 g/mol. The van der Waals surface area contributed by atoms with E-state index >= 15 is 0 Å². The normalized spacial score (nSPS) is 31.8. The van der Waals surface area contributed by atoms with Crippen LogP contribution in [0.25, 0.3) is 0 Å². The van der Waals surface area contributed by atoms with Gasteiger partial charge < -0.3 is 0 Å². The topological polar surface area (TPSA) is 262 Å². The molecule has 41 heavy (non-hydrogen) atoms. The van der Waals surface area contributed by atoms with Crippen molar-refractivity contribution in [1.82, 2.24) is 0 Å². The molecule has 242 valence electrons. The molecular formula is C16H28O19S6. The Hall–Kier alpha value is -0.420. The lowest BCUT2D eigenvalue weighted by Gasteiger charge is -2.24. The Morgan fingerprint density at radius 3 is 1.85 bits per heavy atom. The van der Waals surface area contributed by atoms with Crippen LogP contribution in [0, 0.1) is 0 Å². The molecule has 0 saturated carbocycles. The fourth-order valence-electron chi connectivity index (χ4n) is 3.94. The van der Waals surface area contributed by atoms with Crippen molar-refractivity contribution >= 4 is 62.2 Å². The molecule has 0 bridgehead atoms. The molecule has 0 aromatic rings. The molecule has 5 unspecified atom stereocenters. The second kappa shape index (κ2) is 13.3. The van der Waals surface area contributed by atoms with Crippen molar-refractivity contribution in [1.29, 1.82) is 0 Å². The van der Waals surface area contributed by atoms with Crippen LogP contribution in [0.4, 0.5) is 0 Å². The van der Waals surface area contributed by atoms with Crippen LogP contribution < -0.4 is 0 Å². The summed E-state index contributed by atoms with van der Waals surface area (Å²) in [7, 11) is -21.2. The quantitative estimate of drug-likeness (QED) is 0.120. The lowest BCUT2D eigenvalue weighted by Crippen LogP contribution is -2.44. The van der Waals surface area contributed by atoms with Crippen LogP contribution in [0.15, 0.2) is 0 Å². The first-order valence-corrected chi connectivity index (χ1v) is 19.9. The zero-order valence-corrected chi connectivity index (χ0v) is 26.1. The lowest BCUT2D eigenvalue weighted by atomic mass is 10.1. The predicted molar refractivity (Wildman–Crippen MR) is 134 cm³/mol. The van der Waals surface area contributed by atoms with Crippen molar-refractivity contribution in [3.63, 3.8) is 0 Å². The zero-order chi connectivity index (χ0) is 30.7. The van der Waals surface area contributed by atoms with Gasteiger partial charge in [-0.15, -0.1) is 0 Å². The first-order valence-electron chi connectivity index (χ1n) is 11.6. The molecule has 0 aromatic carbocycles. The summed E-state index contributed by atoms with van der Waals surface area (Å²) in [6, 6.07) is 0. The zero-order valence-electron chi connectivity index (χ0n) is 21.2. The molecule has 0 N–H and O–H groups in total. The Morgan fingerprint density at radius 2 is 1.34 bits per heavy atom. The smallest absolute Gasteiger partial charge is 0.272 e. The summed E-state index contributed by atoms with van der Waals surface area (Å²) in [4.78, 5) is 0. The fourth-order valence-corrected chi connectivity index (χ4v) is 11.5. The van der Waals surface area contributed by atoms with E-state index in [1.807, 2.05) is 0 Å². The van der Waals surface area contributed by atoms with E-state index in [1.54, 1.807) is 0 Å². The maximum absolute atomic E-state index is 12.8. The van der Waals surface area contributed by atoms with E-state index in [1.165, 1.54) is 0 Å². The molecule has 19 nitrogen and oxygen atoms in total. The van der Waals surface area contributed by atoms with Gasteiger partial charge in [0.05, 0.1) is 45.0 Å². The summed E-state index contributed by atoms with van der Waals surface area (Å²) in [6.07, 6.45) is -5.31. The molecule has 0 amide bonds. The summed E-state index contributed by atoms with van der Waals surface area (Å²) in [5, 5.41) is 0. The van der Waals surface area contributed by atoms with Crippen molar-refractivity contribution in [3.8, 4) is 0 Å². The summed E-state index contributed by atoms with van der Waals surface area (Å²) in [6.45, 7) is -2.54. The average Bonchev–Trinajstić information content (AvgIpc) is 3.49. The first kappa shape index (κ1) is 35.1. The van der Waals surface area contributed by atoms with E-state index in [4.69, 9.17) is 12.5 Å². The van der Waals surface area contributed by atoms with E-state index in [0.717, 1.165) is 0 Å². The standard InChI is InChI=1S/C16H28O19S6/c1-28-39(22,23)16(5-2-6-31-41(26,27)32-12-14-4-8-38(20,21)34-14)9-15(35-40(16,24)25)11-30-36(17)29-10-13-3-7-37(18,19)33-13/h13-15H,2-12H2,1H3. The van der Waals surface area contributed by atoms with E-state index in [2.05, 4.69) is 20.9 Å². The monoisotopic (exact) mass is 716 g/mol. The first-order chi connectivity index (χ1) is 18.8. The van der Waals surface area contributed by atoms with Crippen molar-refractivity contribution in [3.05, 3.63) is 0 Å². The van der Waals surface area contributed by atoms with Gasteiger partial charge in [-0.2, -0.15) is 46.3 Å². The minimum Gasteiger partial charge on any atom is -0.272 e. The van der Waals surface area contributed by atoms with Gasteiger partial charge in [0.1, 0.15) is 18.3 Å². The van der Waals surface area contributed by atoms with E-state index in [-0.39, 0.29) is 24.3 Å². The Bertz CT molecular complexity index is 1500. The third kappa shape index (κ3) is 9.29. The molecule has 3 fully saturated rings. The highest BCUT2D eigenvalue weighted by molar-refractivity contribution is 8.06. The van der Waals surface area contributed by atoms with E-state index in [0.29, 0.717) is 7.11 Å². The Labute approximate surface area is 240 Å². The summed E-state index contributed by atoms with van der Waals surface area (Å²) in [5.41, 5.74) is 0. The van der Waals surface area contributed by atoms with Crippen LogP contribution in [0.5, 0.6) is 0 Å². The molecule has 3 aliphatic rings. The van der Waals surface area contributed by atoms with E-state index in [9.17, 15) is 46.3 Å². The van der Waals surface area contributed by atoms with Crippen LogP contribution >= 0.6 is 0 Å². The second-order valence-corrected chi connectivity index (χ2v) is 18.6. The maximum atomic E-state index is 12.8. The van der Waals surface area contributed by atoms with Crippen LogP contribution in [0.3, 0.4) is 0 Å². The average molecular weight is 717 g/mol. The number of hydrogen-bond donors (Lipinski definition) is 0. The van der Waals surface area contributed by atoms with Gasteiger partial charge in [0, 0.05) is 6.42 Å². The summed E-state index contributed by atoms with van der Waals surface area (Å²) < 4.78 is 167. The largest absolute Gasteiger partial charge is 0.399 e. The van der Waals surface area contributed by atoms with Crippen molar-refractivity contribution in [2.75, 3.05) is 45.0 Å². The maximum Gasteiger partial charge on any atom is 0.399 e. The van der Waals surface area contributed by atoms with Crippen LogP contribution in [0.2, 0.25) is 0 Å². The van der Waals surface area contributed by atoms with Crippen molar-refractivity contribution in [2.45, 2.75) is 54.5 Å². The Kier molecular flexibility index (Phi) is 11.4. The van der Waals surface area contributed by atoms with Gasteiger partial charge in [-0.05, 0) is 25.7 Å². The Balaban J connectivity index is 1.53. The minimum absolute atomic E-state index is 0.00301. The van der Waals surface area contributed by atoms with Crippen molar-refractivity contribution < 1.29 is 79.8 Å². The highest BCUT2D eigenvalue weighted by Gasteiger charge is 2.63. The van der Waals surface area contributed by atoms with Gasteiger partial charge in [-0.25, -0.2) is 8.37 Å². The molecule has 0 spiro atoms. The second-order valence-electron chi connectivity index (χ2n) is 8.84. The van der Waals surface area contributed by atoms with E-state index < -0.39 is 130 Å². The molecule has 0 aliphatic carbocycles. The minimum atomic E-state index is -4.93. The molecule has 3 saturated heterocycles. The van der Waals surface area contributed by atoms with Crippen LogP contribution in [-0.4, -0.2) is 114 Å². The molecule has 3 heterocycles. The molecule has 5 atom stereocenters. The van der Waals surface area contributed by atoms with Crippen molar-refractivity contribution in [2.24, 2.45) is 0 Å². The van der Waals surface area contributed by atoms with Gasteiger partial charge in [-0.3, -0.25) is 25.1 Å². The third-order valence-corrected chi connectivity index (χ3v) is 14.8. The molecule has 0 aromatic heterocycles. The fraction of sp³-hybridized carbons (Fsp3) is 1.00. The predicted octanol–water partition coefficient (Wildman–Crippen LogP) is -2.31. The number of hydrogen-bond acceptors (Lipinski definition) is 19. The SMILES string of the molecule is COS(=O)(=O)C1(CCCOS(=O)(=O)OCC2CCS(=O)(=O)O2)CC(COS(=O)OCC2CCS(=O)(=O)O2)OS1(=O)=O. The molecule has 3 aliphatic heterocycles. The van der Waals surface area contributed by atoms with Gasteiger partial charge in [0.2, 0.25) is 4.08 Å². The molecule has 0 radical (unpaired) electrons. The number of rotatable bonds is 16. The summed E-state index contributed by atoms with van der Waals surface area (Å²) in [5.74, 6) is -0.560. The van der Waals surface area contributed by atoms with Crippen LogP contribution in [0.1, 0.15) is 32.1 Å². The summed E-state index contributed by atoms with van der Waals surface area (Å²) >= 11 is -2.51. The van der Waals surface area contributed by atoms with Gasteiger partial charge in [-0.1, -0.05) is 0 Å². The molecule has 3 rings (SSSR count). The van der Waals surface area contributed by atoms with Gasteiger partial charge >= 0.3 is 21.8 Å². The highest BCUT2D eigenvalue weighted by Crippen LogP contribution is 2.43. The van der Waals surface area contributed by atoms with Gasteiger partial charge in [0.25, 0.3) is 40.5 Å². The third-order valence-electron chi connectivity index (χ3n) is 5.91. The molecule has 25 heteroatoms.